The van der Waals surface area contributed by atoms with Crippen molar-refractivity contribution in [3.63, 3.8) is 0 Å². The van der Waals surface area contributed by atoms with Gasteiger partial charge in [0.05, 0.1) is 5.54 Å². The van der Waals surface area contributed by atoms with Gasteiger partial charge in [0.2, 0.25) is 0 Å². The van der Waals surface area contributed by atoms with Gasteiger partial charge in [-0.3, -0.25) is 4.90 Å². The minimum absolute atomic E-state index is 0.00836. The van der Waals surface area contributed by atoms with E-state index in [9.17, 15) is 9.50 Å². The number of aryl methyl sites for hydroxylation is 1. The Hall–Kier alpha value is -3.70. The predicted molar refractivity (Wildman–Crippen MR) is 159 cm³/mol. The molecule has 6 heterocycles. The maximum Gasteiger partial charge on any atom is 0.319 e. The standard InChI is InChI=1S/C32H35F2N7O2/c1-2-22-24(33)8-5-18-13-21(42)14-23(25(18)22)27-26(34)28-29(39-38-27)30(40-15-19-6-7-20(16-40)35-19)37-31(36-28)43-17-32-9-3-11-41(32)12-4-10-32/h5,8,13-14,19-20,35,42H,2-4,6-7,9-12,15-17H2,1H3. The highest BCUT2D eigenvalue weighted by Gasteiger charge is 2.45. The number of anilines is 1. The lowest BCUT2D eigenvalue weighted by Crippen LogP contribution is -2.51. The summed E-state index contributed by atoms with van der Waals surface area (Å²) < 4.78 is 38.0. The van der Waals surface area contributed by atoms with Gasteiger partial charge in [-0.25, -0.2) is 8.78 Å². The second kappa shape index (κ2) is 10.2. The minimum atomic E-state index is -0.698. The summed E-state index contributed by atoms with van der Waals surface area (Å²) in [6, 6.07) is 6.70. The highest BCUT2D eigenvalue weighted by atomic mass is 19.1. The van der Waals surface area contributed by atoms with Crippen molar-refractivity contribution in [3.8, 4) is 23.0 Å². The topological polar surface area (TPSA) is 99.5 Å². The molecule has 2 unspecified atom stereocenters. The van der Waals surface area contributed by atoms with Gasteiger partial charge in [0.25, 0.3) is 0 Å². The number of halogens is 2. The van der Waals surface area contributed by atoms with Crippen molar-refractivity contribution >= 4 is 27.6 Å². The van der Waals surface area contributed by atoms with Crippen molar-refractivity contribution in [2.75, 3.05) is 37.7 Å². The number of ether oxygens (including phenoxy) is 1. The summed E-state index contributed by atoms with van der Waals surface area (Å²) in [6.07, 6.45) is 6.97. The fraction of sp³-hybridized carbons (Fsp3) is 0.500. The fourth-order valence-corrected chi connectivity index (χ4v) is 8.04. The SMILES string of the molecule is CCc1c(F)ccc2cc(O)cc(-c3nnc4c(N5CC6CCC(C5)N6)nc(OCC56CCCN5CCC6)nc4c3F)c12. The number of nitrogens with zero attached hydrogens (tertiary/aromatic N) is 6. The molecule has 2 aromatic heterocycles. The molecular weight excluding hydrogens is 552 g/mol. The van der Waals surface area contributed by atoms with E-state index in [1.54, 1.807) is 12.1 Å². The number of aromatic hydroxyl groups is 1. The van der Waals surface area contributed by atoms with Gasteiger partial charge in [0, 0.05) is 30.7 Å². The Kier molecular flexibility index (Phi) is 6.38. The molecular formula is C32H35F2N7O2. The summed E-state index contributed by atoms with van der Waals surface area (Å²) in [5.74, 6) is -0.643. The number of hydrogen-bond donors (Lipinski definition) is 2. The normalized spacial score (nSPS) is 23.0. The number of phenolic OH excluding ortho intramolecular Hbond substituents is 1. The van der Waals surface area contributed by atoms with Crippen LogP contribution in [0.2, 0.25) is 0 Å². The molecule has 8 rings (SSSR count). The molecule has 2 bridgehead atoms. The molecule has 2 atom stereocenters. The number of hydrogen-bond acceptors (Lipinski definition) is 9. The van der Waals surface area contributed by atoms with Crippen LogP contribution in [0.1, 0.15) is 51.0 Å². The molecule has 0 aliphatic carbocycles. The predicted octanol–water partition coefficient (Wildman–Crippen LogP) is 4.73. The Morgan fingerprint density at radius 3 is 2.53 bits per heavy atom. The summed E-state index contributed by atoms with van der Waals surface area (Å²) in [5, 5.41) is 24.1. The van der Waals surface area contributed by atoms with Gasteiger partial charge in [-0.15, -0.1) is 10.2 Å². The van der Waals surface area contributed by atoms with Crippen molar-refractivity contribution in [2.45, 2.75) is 69.5 Å². The molecule has 9 nitrogen and oxygen atoms in total. The smallest absolute Gasteiger partial charge is 0.319 e. The van der Waals surface area contributed by atoms with Gasteiger partial charge in [-0.1, -0.05) is 13.0 Å². The van der Waals surface area contributed by atoms with Crippen molar-refractivity contribution in [2.24, 2.45) is 0 Å². The highest BCUT2D eigenvalue weighted by molar-refractivity contribution is 6.01. The average Bonchev–Trinajstić information content (AvgIpc) is 3.69. The number of rotatable bonds is 6. The first-order valence-corrected chi connectivity index (χ1v) is 15.5. The average molecular weight is 588 g/mol. The molecule has 2 N–H and O–H groups in total. The molecule has 4 saturated heterocycles. The van der Waals surface area contributed by atoms with E-state index in [1.165, 1.54) is 12.1 Å². The van der Waals surface area contributed by atoms with Crippen LogP contribution in [0.3, 0.4) is 0 Å². The number of nitrogens with one attached hydrogen (secondary N) is 1. The fourth-order valence-electron chi connectivity index (χ4n) is 8.04. The molecule has 43 heavy (non-hydrogen) atoms. The zero-order chi connectivity index (χ0) is 29.3. The summed E-state index contributed by atoms with van der Waals surface area (Å²) in [7, 11) is 0. The maximum atomic E-state index is 16.7. The van der Waals surface area contributed by atoms with E-state index >= 15 is 4.39 Å². The molecule has 4 fully saturated rings. The molecule has 4 aromatic rings. The third-order valence-corrected chi connectivity index (χ3v) is 10.1. The van der Waals surface area contributed by atoms with E-state index in [-0.39, 0.29) is 39.6 Å². The van der Waals surface area contributed by atoms with E-state index in [0.29, 0.717) is 47.3 Å². The van der Waals surface area contributed by atoms with Crippen LogP contribution in [0.4, 0.5) is 14.6 Å². The van der Waals surface area contributed by atoms with Crippen LogP contribution in [0, 0.1) is 11.6 Å². The van der Waals surface area contributed by atoms with Crippen molar-refractivity contribution in [1.82, 2.24) is 30.4 Å². The highest BCUT2D eigenvalue weighted by Crippen LogP contribution is 2.41. The maximum absolute atomic E-state index is 16.7. The minimum Gasteiger partial charge on any atom is -0.508 e. The van der Waals surface area contributed by atoms with Gasteiger partial charge < -0.3 is 20.1 Å². The first-order valence-electron chi connectivity index (χ1n) is 15.5. The summed E-state index contributed by atoms with van der Waals surface area (Å²) in [6.45, 7) is 5.89. The summed E-state index contributed by atoms with van der Waals surface area (Å²) >= 11 is 0. The van der Waals surface area contributed by atoms with Crippen LogP contribution in [0.15, 0.2) is 24.3 Å². The first-order chi connectivity index (χ1) is 20.9. The molecule has 2 aromatic carbocycles. The number of piperazine rings is 1. The van der Waals surface area contributed by atoms with Crippen molar-refractivity contribution in [3.05, 3.63) is 41.5 Å². The molecule has 0 saturated carbocycles. The molecule has 4 aliphatic heterocycles. The Morgan fingerprint density at radius 2 is 1.79 bits per heavy atom. The van der Waals surface area contributed by atoms with Crippen molar-refractivity contribution < 1.29 is 18.6 Å². The third-order valence-electron chi connectivity index (χ3n) is 10.1. The van der Waals surface area contributed by atoms with Gasteiger partial charge in [0.1, 0.15) is 29.4 Å². The van der Waals surface area contributed by atoms with E-state index in [4.69, 9.17) is 9.72 Å². The Balaban J connectivity index is 1.28. The number of fused-ring (bicyclic) bond motifs is 5. The summed E-state index contributed by atoms with van der Waals surface area (Å²) in [4.78, 5) is 14.1. The van der Waals surface area contributed by atoms with E-state index < -0.39 is 11.6 Å². The van der Waals surface area contributed by atoms with Gasteiger partial charge >= 0.3 is 6.01 Å². The van der Waals surface area contributed by atoms with Crippen LogP contribution in [0.5, 0.6) is 11.8 Å². The lowest BCUT2D eigenvalue weighted by atomic mass is 9.94. The zero-order valence-corrected chi connectivity index (χ0v) is 24.2. The van der Waals surface area contributed by atoms with Crippen LogP contribution in [-0.4, -0.2) is 80.6 Å². The van der Waals surface area contributed by atoms with Gasteiger partial charge in [-0.05, 0) is 92.6 Å². The summed E-state index contributed by atoms with van der Waals surface area (Å²) in [5.41, 5.74) is 0.855. The molecule has 0 radical (unpaired) electrons. The Bertz CT molecular complexity index is 1730. The van der Waals surface area contributed by atoms with E-state index in [1.807, 2.05) is 6.92 Å². The number of phenols is 1. The molecule has 11 heteroatoms. The van der Waals surface area contributed by atoms with E-state index in [2.05, 4.69) is 30.3 Å². The second-order valence-corrected chi connectivity index (χ2v) is 12.6. The quantitative estimate of drug-likeness (QED) is 0.332. The molecule has 224 valence electrons. The van der Waals surface area contributed by atoms with Crippen LogP contribution in [-0.2, 0) is 6.42 Å². The largest absolute Gasteiger partial charge is 0.508 e. The molecule has 4 aliphatic rings. The monoisotopic (exact) mass is 587 g/mol. The van der Waals surface area contributed by atoms with Crippen molar-refractivity contribution in [1.29, 1.82) is 0 Å². The molecule has 0 spiro atoms. The Labute approximate surface area is 248 Å². The lowest BCUT2D eigenvalue weighted by molar-refractivity contribution is 0.108. The lowest BCUT2D eigenvalue weighted by Gasteiger charge is -2.34. The number of benzene rings is 2. The number of aromatic nitrogens is 4. The third kappa shape index (κ3) is 4.38. The van der Waals surface area contributed by atoms with Crippen LogP contribution < -0.4 is 15.0 Å². The van der Waals surface area contributed by atoms with Crippen LogP contribution in [0.25, 0.3) is 33.1 Å². The first kappa shape index (κ1) is 26.9. The Morgan fingerprint density at radius 1 is 1.02 bits per heavy atom. The van der Waals surface area contributed by atoms with Crippen LogP contribution >= 0.6 is 0 Å². The zero-order valence-electron chi connectivity index (χ0n) is 24.2. The second-order valence-electron chi connectivity index (χ2n) is 12.6. The van der Waals surface area contributed by atoms with Gasteiger partial charge in [0.15, 0.2) is 17.2 Å². The van der Waals surface area contributed by atoms with Gasteiger partial charge in [-0.2, -0.15) is 9.97 Å². The molecule has 0 amide bonds. The van der Waals surface area contributed by atoms with E-state index in [0.717, 1.165) is 64.7 Å².